The summed E-state index contributed by atoms with van der Waals surface area (Å²) in [6.07, 6.45) is 3.24. The highest BCUT2D eigenvalue weighted by Gasteiger charge is 2.14. The molecule has 0 aliphatic rings. The molecule has 2 nitrogen and oxygen atoms in total. The van der Waals surface area contributed by atoms with Crippen LogP contribution in [0.4, 0.5) is 0 Å². The minimum absolute atomic E-state index is 0.513. The van der Waals surface area contributed by atoms with E-state index in [-0.39, 0.29) is 0 Å². The van der Waals surface area contributed by atoms with Crippen molar-refractivity contribution in [2.24, 2.45) is 5.73 Å². The number of hydrogen-bond acceptors (Lipinski definition) is 2. The lowest BCUT2D eigenvalue weighted by Crippen LogP contribution is -2.06. The van der Waals surface area contributed by atoms with Crippen LogP contribution in [0.3, 0.4) is 0 Å². The Hall–Kier alpha value is -1.02. The summed E-state index contributed by atoms with van der Waals surface area (Å²) in [5.41, 5.74) is 9.50. The molecule has 1 rings (SSSR count). The fraction of sp³-hybridized carbons (Fsp3) is 0.625. The standard InChI is InChI=1S/C16H27NO/c1-5-9-18-16-14(4)10-12(2)11-15(16)13(3)7-6-8-17/h10-11,13H,5-9,17H2,1-4H3. The molecule has 102 valence electrons. The van der Waals surface area contributed by atoms with Gasteiger partial charge in [-0.25, -0.2) is 0 Å². The Balaban J connectivity index is 2.98. The van der Waals surface area contributed by atoms with Gasteiger partial charge in [-0.15, -0.1) is 0 Å². The zero-order chi connectivity index (χ0) is 13.5. The van der Waals surface area contributed by atoms with E-state index in [0.717, 1.165) is 38.2 Å². The minimum Gasteiger partial charge on any atom is -0.493 e. The van der Waals surface area contributed by atoms with Crippen molar-refractivity contribution in [3.05, 3.63) is 28.8 Å². The van der Waals surface area contributed by atoms with E-state index in [2.05, 4.69) is 39.8 Å². The smallest absolute Gasteiger partial charge is 0.125 e. The van der Waals surface area contributed by atoms with Gasteiger partial charge in [0.1, 0.15) is 5.75 Å². The van der Waals surface area contributed by atoms with E-state index >= 15 is 0 Å². The molecular formula is C16H27NO. The van der Waals surface area contributed by atoms with Crippen molar-refractivity contribution in [3.63, 3.8) is 0 Å². The van der Waals surface area contributed by atoms with E-state index in [1.807, 2.05) is 0 Å². The van der Waals surface area contributed by atoms with Crippen LogP contribution in [-0.2, 0) is 0 Å². The summed E-state index contributed by atoms with van der Waals surface area (Å²) >= 11 is 0. The van der Waals surface area contributed by atoms with E-state index in [9.17, 15) is 0 Å². The molecule has 1 aromatic carbocycles. The van der Waals surface area contributed by atoms with Crippen LogP contribution in [-0.4, -0.2) is 13.2 Å². The molecule has 0 heterocycles. The Morgan fingerprint density at radius 2 is 2.00 bits per heavy atom. The summed E-state index contributed by atoms with van der Waals surface area (Å²) in [4.78, 5) is 0. The Bertz CT molecular complexity index is 374. The fourth-order valence-electron chi connectivity index (χ4n) is 2.33. The van der Waals surface area contributed by atoms with Crippen molar-refractivity contribution in [2.75, 3.05) is 13.2 Å². The maximum atomic E-state index is 5.94. The number of aryl methyl sites for hydroxylation is 2. The van der Waals surface area contributed by atoms with Crippen LogP contribution in [0.2, 0.25) is 0 Å². The first kappa shape index (κ1) is 15.0. The first-order valence-electron chi connectivity index (χ1n) is 7.04. The third-order valence-corrected chi connectivity index (χ3v) is 3.27. The molecule has 1 aromatic rings. The number of benzene rings is 1. The average Bonchev–Trinajstić information content (AvgIpc) is 2.34. The predicted molar refractivity (Wildman–Crippen MR) is 78.4 cm³/mol. The van der Waals surface area contributed by atoms with Crippen molar-refractivity contribution < 1.29 is 4.74 Å². The molecule has 0 saturated carbocycles. The van der Waals surface area contributed by atoms with Crippen molar-refractivity contribution in [1.29, 1.82) is 0 Å². The van der Waals surface area contributed by atoms with E-state index < -0.39 is 0 Å². The number of ether oxygens (including phenoxy) is 1. The van der Waals surface area contributed by atoms with Crippen LogP contribution in [0.25, 0.3) is 0 Å². The minimum atomic E-state index is 0.513. The molecule has 1 atom stereocenters. The molecule has 0 amide bonds. The summed E-state index contributed by atoms with van der Waals surface area (Å²) in [7, 11) is 0. The van der Waals surface area contributed by atoms with Gasteiger partial charge in [-0.05, 0) is 56.7 Å². The Labute approximate surface area is 112 Å². The Morgan fingerprint density at radius 1 is 1.28 bits per heavy atom. The highest BCUT2D eigenvalue weighted by molar-refractivity contribution is 5.45. The number of hydrogen-bond donors (Lipinski definition) is 1. The normalized spacial score (nSPS) is 12.5. The summed E-state index contributed by atoms with van der Waals surface area (Å²) in [6, 6.07) is 4.46. The summed E-state index contributed by atoms with van der Waals surface area (Å²) in [5, 5.41) is 0. The van der Waals surface area contributed by atoms with Crippen molar-refractivity contribution in [2.45, 2.75) is 52.9 Å². The van der Waals surface area contributed by atoms with Crippen LogP contribution in [0.15, 0.2) is 12.1 Å². The number of rotatable bonds is 7. The summed E-state index contributed by atoms with van der Waals surface area (Å²) < 4.78 is 5.94. The van der Waals surface area contributed by atoms with Crippen molar-refractivity contribution in [3.8, 4) is 5.75 Å². The molecule has 0 spiro atoms. The van der Waals surface area contributed by atoms with Gasteiger partial charge in [0.05, 0.1) is 6.61 Å². The lowest BCUT2D eigenvalue weighted by Gasteiger charge is -2.19. The predicted octanol–water partition coefficient (Wildman–Crippen LogP) is 3.93. The van der Waals surface area contributed by atoms with Crippen LogP contribution >= 0.6 is 0 Å². The zero-order valence-electron chi connectivity index (χ0n) is 12.3. The Morgan fingerprint density at radius 3 is 2.61 bits per heavy atom. The molecule has 2 heteroatoms. The fourth-order valence-corrected chi connectivity index (χ4v) is 2.33. The molecule has 0 radical (unpaired) electrons. The van der Waals surface area contributed by atoms with E-state index in [0.29, 0.717) is 5.92 Å². The quantitative estimate of drug-likeness (QED) is 0.794. The van der Waals surface area contributed by atoms with Gasteiger partial charge in [-0.1, -0.05) is 31.5 Å². The largest absolute Gasteiger partial charge is 0.493 e. The molecule has 1 unspecified atom stereocenters. The maximum absolute atomic E-state index is 5.94. The van der Waals surface area contributed by atoms with Gasteiger partial charge in [-0.3, -0.25) is 0 Å². The van der Waals surface area contributed by atoms with Crippen molar-refractivity contribution in [1.82, 2.24) is 0 Å². The Kier molecular flexibility index (Phi) is 6.20. The maximum Gasteiger partial charge on any atom is 0.125 e. The molecule has 0 aliphatic carbocycles. The second-order valence-corrected chi connectivity index (χ2v) is 5.18. The van der Waals surface area contributed by atoms with Gasteiger partial charge < -0.3 is 10.5 Å². The monoisotopic (exact) mass is 249 g/mol. The lowest BCUT2D eigenvalue weighted by atomic mass is 9.92. The van der Waals surface area contributed by atoms with Crippen LogP contribution < -0.4 is 10.5 Å². The van der Waals surface area contributed by atoms with Gasteiger partial charge in [0, 0.05) is 0 Å². The van der Waals surface area contributed by atoms with E-state index in [1.54, 1.807) is 0 Å². The summed E-state index contributed by atoms with van der Waals surface area (Å²) in [5.74, 6) is 1.60. The third kappa shape index (κ3) is 4.02. The van der Waals surface area contributed by atoms with Crippen LogP contribution in [0.5, 0.6) is 5.75 Å². The van der Waals surface area contributed by atoms with E-state index in [4.69, 9.17) is 10.5 Å². The topological polar surface area (TPSA) is 35.2 Å². The lowest BCUT2D eigenvalue weighted by molar-refractivity contribution is 0.309. The molecular weight excluding hydrogens is 222 g/mol. The van der Waals surface area contributed by atoms with Crippen LogP contribution in [0.1, 0.15) is 55.7 Å². The van der Waals surface area contributed by atoms with Gasteiger partial charge in [0.2, 0.25) is 0 Å². The van der Waals surface area contributed by atoms with Gasteiger partial charge in [0.25, 0.3) is 0 Å². The molecule has 2 N–H and O–H groups in total. The first-order valence-corrected chi connectivity index (χ1v) is 7.04. The average molecular weight is 249 g/mol. The van der Waals surface area contributed by atoms with Crippen LogP contribution in [0, 0.1) is 13.8 Å². The SMILES string of the molecule is CCCOc1c(C)cc(C)cc1C(C)CCCN. The molecule has 0 aliphatic heterocycles. The number of nitrogens with two attached hydrogens (primary N) is 1. The second-order valence-electron chi connectivity index (χ2n) is 5.18. The summed E-state index contributed by atoms with van der Waals surface area (Å²) in [6.45, 7) is 10.2. The van der Waals surface area contributed by atoms with Crippen molar-refractivity contribution >= 4 is 0 Å². The highest BCUT2D eigenvalue weighted by Crippen LogP contribution is 2.33. The highest BCUT2D eigenvalue weighted by atomic mass is 16.5. The first-order chi connectivity index (χ1) is 8.60. The second kappa shape index (κ2) is 7.42. The molecule has 0 fully saturated rings. The molecule has 18 heavy (non-hydrogen) atoms. The van der Waals surface area contributed by atoms with Gasteiger partial charge in [-0.2, -0.15) is 0 Å². The van der Waals surface area contributed by atoms with Gasteiger partial charge in [0.15, 0.2) is 0 Å². The molecule has 0 bridgehead atoms. The molecule has 0 aromatic heterocycles. The zero-order valence-corrected chi connectivity index (χ0v) is 12.3. The third-order valence-electron chi connectivity index (χ3n) is 3.27. The van der Waals surface area contributed by atoms with Gasteiger partial charge >= 0.3 is 0 Å². The van der Waals surface area contributed by atoms with E-state index in [1.165, 1.54) is 16.7 Å². The molecule has 0 saturated heterocycles.